The van der Waals surface area contributed by atoms with Crippen LogP contribution in [0, 0.1) is 0 Å². The van der Waals surface area contributed by atoms with Crippen molar-refractivity contribution in [2.45, 2.75) is 18.9 Å². The lowest BCUT2D eigenvalue weighted by atomic mass is 10.1. The third kappa shape index (κ3) is 2.62. The van der Waals surface area contributed by atoms with Crippen LogP contribution in [0.4, 0.5) is 11.6 Å². The van der Waals surface area contributed by atoms with E-state index in [0.717, 1.165) is 36.2 Å². The van der Waals surface area contributed by atoms with Gasteiger partial charge in [-0.1, -0.05) is 0 Å². The summed E-state index contributed by atoms with van der Waals surface area (Å²) < 4.78 is 0.758. The molecule has 2 heterocycles. The Morgan fingerprint density at radius 2 is 2.12 bits per heavy atom. The molecule has 1 aromatic rings. The number of aromatic nitrogens is 2. The second kappa shape index (κ2) is 4.97. The zero-order chi connectivity index (χ0) is 11.5. The van der Waals surface area contributed by atoms with Crippen molar-refractivity contribution < 1.29 is 0 Å². The van der Waals surface area contributed by atoms with Gasteiger partial charge in [-0.2, -0.15) is 0 Å². The summed E-state index contributed by atoms with van der Waals surface area (Å²) in [7, 11) is 2.15. The van der Waals surface area contributed by atoms with Crippen molar-refractivity contribution in [3.05, 3.63) is 10.8 Å². The van der Waals surface area contributed by atoms with Gasteiger partial charge in [0.05, 0.1) is 0 Å². The maximum atomic E-state index is 5.70. The highest BCUT2D eigenvalue weighted by Gasteiger charge is 2.18. The third-order valence-electron chi connectivity index (χ3n) is 2.88. The average Bonchev–Trinajstić information content (AvgIpc) is 2.28. The smallest absolute Gasteiger partial charge is 0.146 e. The van der Waals surface area contributed by atoms with E-state index < -0.39 is 0 Å². The molecule has 5 nitrogen and oxygen atoms in total. The van der Waals surface area contributed by atoms with Gasteiger partial charge in [-0.15, -0.1) is 0 Å². The van der Waals surface area contributed by atoms with Gasteiger partial charge in [-0.25, -0.2) is 9.97 Å². The minimum atomic E-state index is 0.474. The van der Waals surface area contributed by atoms with E-state index in [1.54, 1.807) is 0 Å². The number of likely N-dealkylation sites (tertiary alicyclic amines) is 1. The van der Waals surface area contributed by atoms with E-state index in [9.17, 15) is 0 Å². The van der Waals surface area contributed by atoms with Gasteiger partial charge in [0.2, 0.25) is 0 Å². The fraction of sp³-hybridized carbons (Fsp3) is 0.600. The number of hydrogen-bond donors (Lipinski definition) is 2. The molecule has 0 unspecified atom stereocenters. The van der Waals surface area contributed by atoms with Crippen molar-refractivity contribution >= 4 is 27.6 Å². The molecule has 1 fully saturated rings. The minimum absolute atomic E-state index is 0.474. The number of nitrogens with one attached hydrogen (secondary N) is 1. The summed E-state index contributed by atoms with van der Waals surface area (Å²) in [5.74, 6) is 1.27. The Hall–Kier alpha value is -0.880. The second-order valence-corrected chi connectivity index (χ2v) is 4.94. The van der Waals surface area contributed by atoms with Crippen LogP contribution < -0.4 is 11.1 Å². The first-order valence-corrected chi connectivity index (χ1v) is 6.17. The second-order valence-electron chi connectivity index (χ2n) is 4.14. The molecule has 1 aromatic heterocycles. The minimum Gasteiger partial charge on any atom is -0.383 e. The van der Waals surface area contributed by atoms with Crippen LogP contribution in [0.3, 0.4) is 0 Å². The molecular formula is C10H16BrN5. The molecule has 0 spiro atoms. The van der Waals surface area contributed by atoms with Crippen LogP contribution in [0.25, 0.3) is 0 Å². The number of rotatable bonds is 2. The van der Waals surface area contributed by atoms with Gasteiger partial charge in [0, 0.05) is 6.04 Å². The SMILES string of the molecule is CN1CCC(Nc2ncnc(N)c2Br)CC1. The number of nitrogens with two attached hydrogens (primary N) is 1. The van der Waals surface area contributed by atoms with Crippen molar-refractivity contribution in [2.24, 2.45) is 0 Å². The highest BCUT2D eigenvalue weighted by molar-refractivity contribution is 9.10. The fourth-order valence-corrected chi connectivity index (χ4v) is 2.15. The van der Waals surface area contributed by atoms with E-state index in [2.05, 4.69) is 43.2 Å². The van der Waals surface area contributed by atoms with Gasteiger partial charge in [-0.3, -0.25) is 0 Å². The summed E-state index contributed by atoms with van der Waals surface area (Å²) in [6.07, 6.45) is 3.75. The predicted octanol–water partition coefficient (Wildman–Crippen LogP) is 1.33. The number of piperidine rings is 1. The molecule has 0 bridgehead atoms. The molecule has 2 rings (SSSR count). The molecular weight excluding hydrogens is 270 g/mol. The van der Waals surface area contributed by atoms with Crippen molar-refractivity contribution in [3.63, 3.8) is 0 Å². The van der Waals surface area contributed by atoms with E-state index in [1.807, 2.05) is 0 Å². The Kier molecular flexibility index (Phi) is 3.60. The molecule has 0 aromatic carbocycles. The van der Waals surface area contributed by atoms with Gasteiger partial charge in [-0.05, 0) is 48.9 Å². The molecule has 16 heavy (non-hydrogen) atoms. The number of nitrogen functional groups attached to an aromatic ring is 1. The third-order valence-corrected chi connectivity index (χ3v) is 3.66. The molecule has 1 aliphatic heterocycles. The Labute approximate surface area is 104 Å². The molecule has 0 radical (unpaired) electrons. The summed E-state index contributed by atoms with van der Waals surface area (Å²) in [6.45, 7) is 2.24. The van der Waals surface area contributed by atoms with Gasteiger partial charge in [0.1, 0.15) is 22.4 Å². The van der Waals surface area contributed by atoms with Crippen molar-refractivity contribution in [3.8, 4) is 0 Å². The fourth-order valence-electron chi connectivity index (χ4n) is 1.83. The largest absolute Gasteiger partial charge is 0.383 e. The Balaban J connectivity index is 2.01. The monoisotopic (exact) mass is 285 g/mol. The number of hydrogen-bond acceptors (Lipinski definition) is 5. The Morgan fingerprint density at radius 1 is 1.44 bits per heavy atom. The van der Waals surface area contributed by atoms with Crippen LogP contribution in [0.5, 0.6) is 0 Å². The summed E-state index contributed by atoms with van der Waals surface area (Å²) in [6, 6.07) is 0.474. The lowest BCUT2D eigenvalue weighted by Gasteiger charge is -2.30. The standard InChI is InChI=1S/C10H16BrN5/c1-16-4-2-7(3-5-16)15-10-8(11)9(12)13-6-14-10/h6-7H,2-5H2,1H3,(H3,12,13,14,15). The molecule has 3 N–H and O–H groups in total. The normalized spacial score (nSPS) is 18.6. The van der Waals surface area contributed by atoms with Crippen molar-refractivity contribution in [1.82, 2.24) is 14.9 Å². The maximum absolute atomic E-state index is 5.70. The lowest BCUT2D eigenvalue weighted by Crippen LogP contribution is -2.37. The van der Waals surface area contributed by atoms with Gasteiger partial charge >= 0.3 is 0 Å². The molecule has 6 heteroatoms. The van der Waals surface area contributed by atoms with Crippen molar-refractivity contribution in [2.75, 3.05) is 31.2 Å². The number of halogens is 1. The van der Waals surface area contributed by atoms with Crippen LogP contribution >= 0.6 is 15.9 Å². The van der Waals surface area contributed by atoms with E-state index in [0.29, 0.717) is 11.9 Å². The summed E-state index contributed by atoms with van der Waals surface area (Å²) >= 11 is 3.40. The quantitative estimate of drug-likeness (QED) is 0.858. The zero-order valence-corrected chi connectivity index (χ0v) is 10.9. The molecule has 1 aliphatic rings. The summed E-state index contributed by atoms with van der Waals surface area (Å²) in [5, 5.41) is 3.41. The number of nitrogens with zero attached hydrogens (tertiary/aromatic N) is 3. The molecule has 1 saturated heterocycles. The number of anilines is 2. The van der Waals surface area contributed by atoms with Crippen molar-refractivity contribution in [1.29, 1.82) is 0 Å². The van der Waals surface area contributed by atoms with Gasteiger partial charge in [0.15, 0.2) is 0 Å². The topological polar surface area (TPSA) is 67.1 Å². The average molecular weight is 286 g/mol. The van der Waals surface area contributed by atoms with E-state index in [1.165, 1.54) is 6.33 Å². The maximum Gasteiger partial charge on any atom is 0.146 e. The molecule has 0 amide bonds. The highest BCUT2D eigenvalue weighted by Crippen LogP contribution is 2.25. The van der Waals surface area contributed by atoms with Gasteiger partial charge < -0.3 is 16.0 Å². The zero-order valence-electron chi connectivity index (χ0n) is 9.28. The molecule has 0 aliphatic carbocycles. The first-order chi connectivity index (χ1) is 7.66. The predicted molar refractivity (Wildman–Crippen MR) is 68.3 cm³/mol. The van der Waals surface area contributed by atoms with Crippen LogP contribution in [-0.2, 0) is 0 Å². The summed E-state index contributed by atoms with van der Waals surface area (Å²) in [4.78, 5) is 10.4. The summed E-state index contributed by atoms with van der Waals surface area (Å²) in [5.41, 5.74) is 5.70. The Morgan fingerprint density at radius 3 is 2.81 bits per heavy atom. The van der Waals surface area contributed by atoms with E-state index in [-0.39, 0.29) is 0 Å². The van der Waals surface area contributed by atoms with Crippen LogP contribution in [0.15, 0.2) is 10.8 Å². The van der Waals surface area contributed by atoms with Crippen LogP contribution in [0.1, 0.15) is 12.8 Å². The van der Waals surface area contributed by atoms with Crippen LogP contribution in [-0.4, -0.2) is 41.0 Å². The molecule has 88 valence electrons. The molecule has 0 atom stereocenters. The lowest BCUT2D eigenvalue weighted by molar-refractivity contribution is 0.263. The molecule has 0 saturated carbocycles. The van der Waals surface area contributed by atoms with E-state index >= 15 is 0 Å². The van der Waals surface area contributed by atoms with E-state index in [4.69, 9.17) is 5.73 Å². The highest BCUT2D eigenvalue weighted by atomic mass is 79.9. The van der Waals surface area contributed by atoms with Gasteiger partial charge in [0.25, 0.3) is 0 Å². The Bertz CT molecular complexity index is 362. The first-order valence-electron chi connectivity index (χ1n) is 5.38. The first kappa shape index (κ1) is 11.6. The van der Waals surface area contributed by atoms with Crippen LogP contribution in [0.2, 0.25) is 0 Å².